The lowest BCUT2D eigenvalue weighted by atomic mass is 10.1. The molecule has 1 amide bonds. The third-order valence-electron chi connectivity index (χ3n) is 3.54. The van der Waals surface area contributed by atoms with E-state index in [-0.39, 0.29) is 12.5 Å². The van der Waals surface area contributed by atoms with Gasteiger partial charge in [-0.15, -0.1) is 0 Å². The molecule has 4 nitrogen and oxygen atoms in total. The molecule has 0 spiro atoms. The van der Waals surface area contributed by atoms with Crippen LogP contribution in [0.1, 0.15) is 16.7 Å². The first kappa shape index (κ1) is 16.0. The topological polar surface area (TPSA) is 50.4 Å². The number of methoxy groups -OCH3 is 1. The van der Waals surface area contributed by atoms with Gasteiger partial charge in [0.05, 0.1) is 13.7 Å². The molecule has 0 radical (unpaired) electrons. The number of aryl methyl sites for hydroxylation is 2. The zero-order chi connectivity index (χ0) is 15.9. The summed E-state index contributed by atoms with van der Waals surface area (Å²) in [6, 6.07) is 13.7. The maximum atomic E-state index is 12.1. The van der Waals surface area contributed by atoms with Crippen LogP contribution < -0.4 is 15.4 Å². The zero-order valence-corrected chi connectivity index (χ0v) is 13.3. The molecule has 0 aromatic heterocycles. The Labute approximate surface area is 131 Å². The number of carbonyl (C=O) groups is 1. The number of carbonyl (C=O) groups excluding carboxylic acids is 1. The molecule has 22 heavy (non-hydrogen) atoms. The van der Waals surface area contributed by atoms with Crippen molar-refractivity contribution >= 4 is 11.6 Å². The fourth-order valence-corrected chi connectivity index (χ4v) is 2.35. The van der Waals surface area contributed by atoms with E-state index in [0.29, 0.717) is 6.54 Å². The third-order valence-corrected chi connectivity index (χ3v) is 3.54. The molecule has 0 aliphatic carbocycles. The monoisotopic (exact) mass is 298 g/mol. The average Bonchev–Trinajstić information content (AvgIpc) is 2.51. The summed E-state index contributed by atoms with van der Waals surface area (Å²) < 4.78 is 5.29. The molecule has 2 aromatic carbocycles. The second-order valence-electron chi connectivity index (χ2n) is 5.23. The predicted molar refractivity (Wildman–Crippen MR) is 89.2 cm³/mol. The average molecular weight is 298 g/mol. The Balaban J connectivity index is 1.88. The SMILES string of the molecule is COc1ccccc1CNCC(=O)Nc1c(C)cccc1C. The molecule has 2 aromatic rings. The molecular formula is C18H22N2O2. The highest BCUT2D eigenvalue weighted by Gasteiger charge is 2.07. The van der Waals surface area contributed by atoms with Crippen molar-refractivity contribution in [3.8, 4) is 5.75 Å². The standard InChI is InChI=1S/C18H22N2O2/c1-13-7-6-8-14(2)18(13)20-17(21)12-19-11-15-9-4-5-10-16(15)22-3/h4-10,19H,11-12H2,1-3H3,(H,20,21). The molecule has 0 fully saturated rings. The van der Waals surface area contributed by atoms with E-state index < -0.39 is 0 Å². The maximum Gasteiger partial charge on any atom is 0.238 e. The Morgan fingerprint density at radius 3 is 2.41 bits per heavy atom. The summed E-state index contributed by atoms with van der Waals surface area (Å²) in [5.41, 5.74) is 4.06. The van der Waals surface area contributed by atoms with Crippen molar-refractivity contribution < 1.29 is 9.53 Å². The Kier molecular flexibility index (Phi) is 5.55. The van der Waals surface area contributed by atoms with E-state index in [1.165, 1.54) is 0 Å². The van der Waals surface area contributed by atoms with Crippen molar-refractivity contribution in [2.24, 2.45) is 0 Å². The fraction of sp³-hybridized carbons (Fsp3) is 0.278. The molecule has 2 rings (SSSR count). The van der Waals surface area contributed by atoms with Crippen molar-refractivity contribution in [1.29, 1.82) is 0 Å². The lowest BCUT2D eigenvalue weighted by molar-refractivity contribution is -0.115. The zero-order valence-electron chi connectivity index (χ0n) is 13.3. The first-order chi connectivity index (χ1) is 10.6. The molecule has 4 heteroatoms. The van der Waals surface area contributed by atoms with Crippen LogP contribution in [0.2, 0.25) is 0 Å². The molecule has 0 bridgehead atoms. The van der Waals surface area contributed by atoms with Crippen LogP contribution in [-0.4, -0.2) is 19.6 Å². The summed E-state index contributed by atoms with van der Waals surface area (Å²) >= 11 is 0. The second-order valence-corrected chi connectivity index (χ2v) is 5.23. The van der Waals surface area contributed by atoms with Crippen LogP contribution in [0, 0.1) is 13.8 Å². The van der Waals surface area contributed by atoms with Gasteiger partial charge < -0.3 is 15.4 Å². The highest BCUT2D eigenvalue weighted by Crippen LogP contribution is 2.19. The predicted octanol–water partition coefficient (Wildman–Crippen LogP) is 3.04. The quantitative estimate of drug-likeness (QED) is 0.862. The van der Waals surface area contributed by atoms with Gasteiger partial charge in [-0.3, -0.25) is 4.79 Å². The number of ether oxygens (including phenoxy) is 1. The van der Waals surface area contributed by atoms with Crippen LogP contribution in [0.3, 0.4) is 0 Å². The molecule has 0 atom stereocenters. The lowest BCUT2D eigenvalue weighted by Crippen LogP contribution is -2.28. The van der Waals surface area contributed by atoms with Crippen molar-refractivity contribution in [2.45, 2.75) is 20.4 Å². The molecule has 0 aliphatic heterocycles. The fourth-order valence-electron chi connectivity index (χ4n) is 2.35. The van der Waals surface area contributed by atoms with E-state index in [9.17, 15) is 4.79 Å². The van der Waals surface area contributed by atoms with Gasteiger partial charge in [-0.2, -0.15) is 0 Å². The third kappa shape index (κ3) is 4.09. The minimum atomic E-state index is -0.0488. The summed E-state index contributed by atoms with van der Waals surface area (Å²) in [5, 5.41) is 6.10. The molecule has 0 heterocycles. The van der Waals surface area contributed by atoms with Crippen molar-refractivity contribution in [3.05, 3.63) is 59.2 Å². The highest BCUT2D eigenvalue weighted by molar-refractivity contribution is 5.93. The maximum absolute atomic E-state index is 12.1. The van der Waals surface area contributed by atoms with Crippen LogP contribution >= 0.6 is 0 Å². The van der Waals surface area contributed by atoms with Gasteiger partial charge in [-0.25, -0.2) is 0 Å². The molecule has 0 unspecified atom stereocenters. The second kappa shape index (κ2) is 7.61. The Morgan fingerprint density at radius 1 is 1.05 bits per heavy atom. The summed E-state index contributed by atoms with van der Waals surface area (Å²) in [4.78, 5) is 12.1. The number of amides is 1. The summed E-state index contributed by atoms with van der Waals surface area (Å²) in [5.74, 6) is 0.775. The van der Waals surface area contributed by atoms with Gasteiger partial charge in [0, 0.05) is 17.8 Å². The summed E-state index contributed by atoms with van der Waals surface area (Å²) in [6.45, 7) is 4.83. The first-order valence-electron chi connectivity index (χ1n) is 7.30. The smallest absolute Gasteiger partial charge is 0.238 e. The number of hydrogen-bond donors (Lipinski definition) is 2. The minimum absolute atomic E-state index is 0.0488. The Morgan fingerprint density at radius 2 is 1.73 bits per heavy atom. The molecule has 0 saturated heterocycles. The number of para-hydroxylation sites is 2. The highest BCUT2D eigenvalue weighted by atomic mass is 16.5. The van der Waals surface area contributed by atoms with E-state index in [1.54, 1.807) is 7.11 Å². The van der Waals surface area contributed by atoms with Crippen molar-refractivity contribution in [2.75, 3.05) is 19.0 Å². The van der Waals surface area contributed by atoms with Crippen LogP contribution in [0.25, 0.3) is 0 Å². The number of nitrogens with one attached hydrogen (secondary N) is 2. The molecule has 0 saturated carbocycles. The number of hydrogen-bond acceptors (Lipinski definition) is 3. The molecule has 0 aliphatic rings. The van der Waals surface area contributed by atoms with Gasteiger partial charge in [0.25, 0.3) is 0 Å². The molecular weight excluding hydrogens is 276 g/mol. The lowest BCUT2D eigenvalue weighted by Gasteiger charge is -2.12. The molecule has 2 N–H and O–H groups in total. The normalized spacial score (nSPS) is 10.3. The van der Waals surface area contributed by atoms with E-state index in [4.69, 9.17) is 4.74 Å². The van der Waals surface area contributed by atoms with Crippen LogP contribution in [0.5, 0.6) is 5.75 Å². The van der Waals surface area contributed by atoms with Gasteiger partial charge in [-0.05, 0) is 31.0 Å². The molecule has 116 valence electrons. The number of benzene rings is 2. The minimum Gasteiger partial charge on any atom is -0.496 e. The van der Waals surface area contributed by atoms with E-state index in [0.717, 1.165) is 28.1 Å². The summed E-state index contributed by atoms with van der Waals surface area (Å²) in [7, 11) is 1.65. The summed E-state index contributed by atoms with van der Waals surface area (Å²) in [6.07, 6.45) is 0. The van der Waals surface area contributed by atoms with E-state index in [1.807, 2.05) is 56.3 Å². The van der Waals surface area contributed by atoms with Crippen LogP contribution in [0.4, 0.5) is 5.69 Å². The number of anilines is 1. The first-order valence-corrected chi connectivity index (χ1v) is 7.30. The largest absolute Gasteiger partial charge is 0.496 e. The Bertz CT molecular complexity index is 633. The van der Waals surface area contributed by atoms with Gasteiger partial charge in [-0.1, -0.05) is 36.4 Å². The van der Waals surface area contributed by atoms with Gasteiger partial charge >= 0.3 is 0 Å². The van der Waals surface area contributed by atoms with Crippen LogP contribution in [0.15, 0.2) is 42.5 Å². The van der Waals surface area contributed by atoms with E-state index >= 15 is 0 Å². The number of rotatable bonds is 6. The Hall–Kier alpha value is -2.33. The van der Waals surface area contributed by atoms with Crippen LogP contribution in [-0.2, 0) is 11.3 Å². The van der Waals surface area contributed by atoms with Gasteiger partial charge in [0.1, 0.15) is 5.75 Å². The van der Waals surface area contributed by atoms with Crippen molar-refractivity contribution in [3.63, 3.8) is 0 Å². The van der Waals surface area contributed by atoms with Gasteiger partial charge in [0.15, 0.2) is 0 Å². The van der Waals surface area contributed by atoms with Gasteiger partial charge in [0.2, 0.25) is 5.91 Å². The van der Waals surface area contributed by atoms with E-state index in [2.05, 4.69) is 10.6 Å². The van der Waals surface area contributed by atoms with Crippen molar-refractivity contribution in [1.82, 2.24) is 5.32 Å².